The number of hydrogen-bond donors (Lipinski definition) is 1. The van der Waals surface area contributed by atoms with Gasteiger partial charge in [0.15, 0.2) is 0 Å². The van der Waals surface area contributed by atoms with Crippen LogP contribution in [0, 0.1) is 0 Å². The lowest BCUT2D eigenvalue weighted by molar-refractivity contribution is 0.837. The molecule has 0 heterocycles. The number of rotatable bonds is 6. The molecular formula is C14H15N3. The van der Waals surface area contributed by atoms with E-state index in [-0.39, 0.29) is 0 Å². The third-order valence-electron chi connectivity index (χ3n) is 1.81. The van der Waals surface area contributed by atoms with Crippen molar-refractivity contribution in [2.24, 2.45) is 10.3 Å². The second-order valence-electron chi connectivity index (χ2n) is 3.10. The van der Waals surface area contributed by atoms with E-state index in [2.05, 4.69) is 28.9 Å². The highest BCUT2D eigenvalue weighted by Gasteiger charge is 1.87. The molecule has 0 saturated carbocycles. The highest BCUT2D eigenvalue weighted by atomic mass is 15.4. The van der Waals surface area contributed by atoms with E-state index in [0.717, 1.165) is 11.4 Å². The lowest BCUT2D eigenvalue weighted by atomic mass is 10.3. The van der Waals surface area contributed by atoms with Crippen molar-refractivity contribution in [1.29, 1.82) is 0 Å². The van der Waals surface area contributed by atoms with Gasteiger partial charge in [-0.3, -0.25) is 5.43 Å². The van der Waals surface area contributed by atoms with Crippen molar-refractivity contribution in [3.05, 3.63) is 79.6 Å². The SMILES string of the molecule is C=C/C=C\C(=C/C=C)NN=Nc1ccccc1. The van der Waals surface area contributed by atoms with Crippen LogP contribution in [0.15, 0.2) is 89.9 Å². The first-order chi connectivity index (χ1) is 8.36. The summed E-state index contributed by atoms with van der Waals surface area (Å²) < 4.78 is 0. The third-order valence-corrected chi connectivity index (χ3v) is 1.81. The molecule has 86 valence electrons. The molecule has 3 heteroatoms. The molecule has 0 aliphatic heterocycles. The third kappa shape index (κ3) is 5.28. The first kappa shape index (κ1) is 12.6. The molecule has 0 fully saturated rings. The van der Waals surface area contributed by atoms with E-state index in [1.165, 1.54) is 0 Å². The summed E-state index contributed by atoms with van der Waals surface area (Å²) in [6.45, 7) is 7.23. The van der Waals surface area contributed by atoms with Crippen molar-refractivity contribution in [3.63, 3.8) is 0 Å². The Kier molecular flexibility index (Phi) is 5.82. The summed E-state index contributed by atoms with van der Waals surface area (Å²) in [6, 6.07) is 9.50. The van der Waals surface area contributed by atoms with Crippen molar-refractivity contribution < 1.29 is 0 Å². The van der Waals surface area contributed by atoms with E-state index in [9.17, 15) is 0 Å². The molecule has 0 aliphatic carbocycles. The van der Waals surface area contributed by atoms with Gasteiger partial charge in [-0.25, -0.2) is 0 Å². The van der Waals surface area contributed by atoms with Crippen LogP contribution in [0.3, 0.4) is 0 Å². The quantitative estimate of drug-likeness (QED) is 0.442. The van der Waals surface area contributed by atoms with Crippen LogP contribution in [-0.4, -0.2) is 0 Å². The molecule has 0 amide bonds. The normalized spacial score (nSPS) is 11.9. The van der Waals surface area contributed by atoms with Gasteiger partial charge in [0.05, 0.1) is 11.4 Å². The summed E-state index contributed by atoms with van der Waals surface area (Å²) in [5.41, 5.74) is 4.41. The minimum atomic E-state index is 0.791. The van der Waals surface area contributed by atoms with Gasteiger partial charge in [0.2, 0.25) is 0 Å². The first-order valence-electron chi connectivity index (χ1n) is 5.20. The van der Waals surface area contributed by atoms with Gasteiger partial charge in [-0.05, 0) is 24.3 Å². The van der Waals surface area contributed by atoms with Crippen LogP contribution < -0.4 is 5.43 Å². The maximum Gasteiger partial charge on any atom is 0.0874 e. The monoisotopic (exact) mass is 225 g/mol. The van der Waals surface area contributed by atoms with Gasteiger partial charge in [-0.1, -0.05) is 54.8 Å². The molecule has 0 unspecified atom stereocenters. The molecule has 1 aromatic carbocycles. The number of nitrogens with one attached hydrogen (secondary N) is 1. The molecule has 0 aromatic heterocycles. The predicted octanol–water partition coefficient (Wildman–Crippen LogP) is 4.09. The molecule has 0 bridgehead atoms. The Morgan fingerprint density at radius 1 is 1.12 bits per heavy atom. The van der Waals surface area contributed by atoms with Gasteiger partial charge in [0.25, 0.3) is 0 Å². The average molecular weight is 225 g/mol. The first-order valence-corrected chi connectivity index (χ1v) is 5.20. The average Bonchev–Trinajstić information content (AvgIpc) is 2.37. The van der Waals surface area contributed by atoms with Gasteiger partial charge in [0.1, 0.15) is 0 Å². The molecular weight excluding hydrogens is 210 g/mol. The zero-order valence-electron chi connectivity index (χ0n) is 9.58. The molecule has 1 aromatic rings. The van der Waals surface area contributed by atoms with E-state index < -0.39 is 0 Å². The van der Waals surface area contributed by atoms with Crippen LogP contribution >= 0.6 is 0 Å². The van der Waals surface area contributed by atoms with Crippen LogP contribution in [-0.2, 0) is 0 Å². The Balaban J connectivity index is 2.61. The number of nitrogens with zero attached hydrogens (tertiary/aromatic N) is 2. The van der Waals surface area contributed by atoms with Gasteiger partial charge in [0, 0.05) is 0 Å². The molecule has 3 nitrogen and oxygen atoms in total. The van der Waals surface area contributed by atoms with Crippen molar-refractivity contribution in [1.82, 2.24) is 5.43 Å². The lowest BCUT2D eigenvalue weighted by Crippen LogP contribution is -2.00. The number of benzene rings is 1. The molecule has 0 spiro atoms. The van der Waals surface area contributed by atoms with Crippen molar-refractivity contribution in [2.45, 2.75) is 0 Å². The van der Waals surface area contributed by atoms with Crippen LogP contribution in [0.5, 0.6) is 0 Å². The fraction of sp³-hybridized carbons (Fsp3) is 0. The lowest BCUT2D eigenvalue weighted by Gasteiger charge is -1.97. The standard InChI is InChI=1S/C14H15N3/c1-3-5-10-13(9-4-2)15-17-16-14-11-7-6-8-12-14/h3-12H,1-2H2,(H,15,16)/b10-5-,13-9+. The van der Waals surface area contributed by atoms with Crippen molar-refractivity contribution in [2.75, 3.05) is 0 Å². The van der Waals surface area contributed by atoms with E-state index >= 15 is 0 Å². The Bertz CT molecular complexity index is 442. The summed E-state index contributed by atoms with van der Waals surface area (Å²) in [6.07, 6.45) is 8.80. The van der Waals surface area contributed by atoms with Gasteiger partial charge in [-0.15, -0.1) is 5.11 Å². The summed E-state index contributed by atoms with van der Waals surface area (Å²) >= 11 is 0. The van der Waals surface area contributed by atoms with Crippen molar-refractivity contribution in [3.8, 4) is 0 Å². The van der Waals surface area contributed by atoms with Crippen LogP contribution in [0.1, 0.15) is 0 Å². The van der Waals surface area contributed by atoms with E-state index in [1.54, 1.807) is 24.3 Å². The van der Waals surface area contributed by atoms with Gasteiger partial charge < -0.3 is 0 Å². The Labute approximate surface area is 102 Å². The molecule has 0 aliphatic rings. The zero-order valence-corrected chi connectivity index (χ0v) is 9.58. The molecule has 17 heavy (non-hydrogen) atoms. The summed E-state index contributed by atoms with van der Waals surface area (Å²) in [7, 11) is 0. The van der Waals surface area contributed by atoms with Crippen LogP contribution in [0.4, 0.5) is 5.69 Å². The van der Waals surface area contributed by atoms with E-state index in [4.69, 9.17) is 0 Å². The fourth-order valence-electron chi connectivity index (χ4n) is 1.06. The van der Waals surface area contributed by atoms with E-state index in [0.29, 0.717) is 0 Å². The predicted molar refractivity (Wildman–Crippen MR) is 71.7 cm³/mol. The number of allylic oxidation sites excluding steroid dienone is 5. The van der Waals surface area contributed by atoms with Crippen LogP contribution in [0.25, 0.3) is 0 Å². The Hall–Kier alpha value is -2.42. The highest BCUT2D eigenvalue weighted by molar-refractivity contribution is 5.34. The second-order valence-corrected chi connectivity index (χ2v) is 3.10. The van der Waals surface area contributed by atoms with Gasteiger partial charge in [-0.2, -0.15) is 0 Å². The summed E-state index contributed by atoms with van der Waals surface area (Å²) in [5, 5.41) is 7.90. The number of hydrogen-bond acceptors (Lipinski definition) is 2. The summed E-state index contributed by atoms with van der Waals surface area (Å²) in [5.74, 6) is 0. The molecule has 1 rings (SSSR count). The maximum absolute atomic E-state index is 4.02. The van der Waals surface area contributed by atoms with Gasteiger partial charge >= 0.3 is 0 Å². The minimum absolute atomic E-state index is 0.791. The Morgan fingerprint density at radius 3 is 2.53 bits per heavy atom. The molecule has 0 saturated heterocycles. The Morgan fingerprint density at radius 2 is 1.88 bits per heavy atom. The van der Waals surface area contributed by atoms with E-state index in [1.807, 2.05) is 36.4 Å². The highest BCUT2D eigenvalue weighted by Crippen LogP contribution is 2.09. The zero-order chi connectivity index (χ0) is 12.3. The largest absolute Gasteiger partial charge is 0.260 e. The minimum Gasteiger partial charge on any atom is -0.260 e. The fourth-order valence-corrected chi connectivity index (χ4v) is 1.06. The molecule has 1 N–H and O–H groups in total. The molecule has 0 atom stereocenters. The maximum atomic E-state index is 4.02. The van der Waals surface area contributed by atoms with Crippen LogP contribution in [0.2, 0.25) is 0 Å². The smallest absolute Gasteiger partial charge is 0.0874 e. The van der Waals surface area contributed by atoms with Crippen molar-refractivity contribution >= 4 is 5.69 Å². The second kappa shape index (κ2) is 7.82. The summed E-state index contributed by atoms with van der Waals surface area (Å²) in [4.78, 5) is 0. The molecule has 0 radical (unpaired) electrons. The topological polar surface area (TPSA) is 36.8 Å².